The average Bonchev–Trinajstić information content (AvgIpc) is 2.90. The van der Waals surface area contributed by atoms with Gasteiger partial charge in [0.05, 0.1) is 0 Å². The minimum atomic E-state index is 0.0711. The summed E-state index contributed by atoms with van der Waals surface area (Å²) in [4.78, 5) is 17.4. The summed E-state index contributed by atoms with van der Waals surface area (Å²) in [5.74, 6) is 0. The number of nitrogens with zero attached hydrogens (tertiary/aromatic N) is 2. The first-order valence-corrected chi connectivity index (χ1v) is 9.68. The summed E-state index contributed by atoms with van der Waals surface area (Å²) in [7, 11) is 0. The van der Waals surface area contributed by atoms with E-state index in [0.29, 0.717) is 6.04 Å². The molecular formula is C20H31N3O. The molecule has 2 saturated heterocycles. The number of para-hydroxylation sites is 1. The van der Waals surface area contributed by atoms with Crippen molar-refractivity contribution in [3.63, 3.8) is 0 Å². The molecule has 24 heavy (non-hydrogen) atoms. The first kappa shape index (κ1) is 17.3. The average molecular weight is 329 g/mol. The van der Waals surface area contributed by atoms with Crippen LogP contribution in [0.2, 0.25) is 0 Å². The van der Waals surface area contributed by atoms with Crippen LogP contribution >= 0.6 is 0 Å². The van der Waals surface area contributed by atoms with Gasteiger partial charge in [0, 0.05) is 24.8 Å². The van der Waals surface area contributed by atoms with Gasteiger partial charge in [-0.3, -0.25) is 0 Å². The van der Waals surface area contributed by atoms with Gasteiger partial charge in [-0.25, -0.2) is 4.79 Å². The Kier molecular flexibility index (Phi) is 6.53. The molecule has 4 nitrogen and oxygen atoms in total. The zero-order valence-corrected chi connectivity index (χ0v) is 14.8. The highest BCUT2D eigenvalue weighted by Gasteiger charge is 2.27. The van der Waals surface area contributed by atoms with E-state index in [1.165, 1.54) is 45.2 Å². The van der Waals surface area contributed by atoms with Gasteiger partial charge in [-0.2, -0.15) is 0 Å². The number of hydrogen-bond acceptors (Lipinski definition) is 2. The fourth-order valence-corrected chi connectivity index (χ4v) is 3.98. The largest absolute Gasteiger partial charge is 0.322 e. The maximum absolute atomic E-state index is 12.7. The summed E-state index contributed by atoms with van der Waals surface area (Å²) < 4.78 is 0. The number of piperidine rings is 1. The molecule has 0 aromatic heterocycles. The summed E-state index contributed by atoms with van der Waals surface area (Å²) in [6, 6.07) is 10.3. The van der Waals surface area contributed by atoms with Crippen LogP contribution in [0.5, 0.6) is 0 Å². The van der Waals surface area contributed by atoms with Crippen molar-refractivity contribution < 1.29 is 4.79 Å². The second kappa shape index (κ2) is 9.07. The molecule has 2 aliphatic heterocycles. The normalized spacial score (nSPS) is 22.8. The fraction of sp³-hybridized carbons (Fsp3) is 0.650. The molecule has 0 spiro atoms. The van der Waals surface area contributed by atoms with Crippen molar-refractivity contribution in [1.82, 2.24) is 9.80 Å². The Labute approximate surface area is 146 Å². The highest BCUT2D eigenvalue weighted by atomic mass is 16.2. The lowest BCUT2D eigenvalue weighted by Crippen LogP contribution is -2.47. The van der Waals surface area contributed by atoms with Crippen molar-refractivity contribution >= 4 is 11.7 Å². The monoisotopic (exact) mass is 329 g/mol. The number of urea groups is 1. The van der Waals surface area contributed by atoms with Crippen molar-refractivity contribution in [2.24, 2.45) is 0 Å². The number of anilines is 1. The first-order chi connectivity index (χ1) is 11.8. The van der Waals surface area contributed by atoms with Gasteiger partial charge >= 0.3 is 6.03 Å². The van der Waals surface area contributed by atoms with Crippen molar-refractivity contribution in [3.8, 4) is 0 Å². The molecule has 2 aliphatic rings. The minimum absolute atomic E-state index is 0.0711. The van der Waals surface area contributed by atoms with Gasteiger partial charge in [0.1, 0.15) is 0 Å². The standard InChI is InChI=1S/C20H31N3O/c24-20(21-18-10-4-3-5-11-18)23-16-9-6-12-19(23)13-17-22-14-7-1-2-8-15-22/h3-5,10-11,19H,1-2,6-9,12-17H2,(H,21,24)/t19-/m1/s1. The van der Waals surface area contributed by atoms with Gasteiger partial charge in [0.15, 0.2) is 0 Å². The summed E-state index contributed by atoms with van der Waals surface area (Å²) in [6.45, 7) is 4.51. The summed E-state index contributed by atoms with van der Waals surface area (Å²) >= 11 is 0. The van der Waals surface area contributed by atoms with Crippen LogP contribution in [-0.2, 0) is 0 Å². The lowest BCUT2D eigenvalue weighted by atomic mass is 9.99. The second-order valence-electron chi connectivity index (χ2n) is 7.18. The van der Waals surface area contributed by atoms with Crippen molar-refractivity contribution in [2.75, 3.05) is 31.5 Å². The molecule has 0 unspecified atom stereocenters. The van der Waals surface area contributed by atoms with E-state index in [4.69, 9.17) is 0 Å². The molecule has 4 heteroatoms. The lowest BCUT2D eigenvalue weighted by molar-refractivity contribution is 0.146. The van der Waals surface area contributed by atoms with Crippen LogP contribution in [0.3, 0.4) is 0 Å². The number of rotatable bonds is 4. The Morgan fingerprint density at radius 3 is 2.42 bits per heavy atom. The number of amides is 2. The molecule has 3 rings (SSSR count). The number of carbonyl (C=O) groups excluding carboxylic acids is 1. The predicted octanol–water partition coefficient (Wildman–Crippen LogP) is 4.34. The molecule has 1 aromatic rings. The van der Waals surface area contributed by atoms with Crippen molar-refractivity contribution in [1.29, 1.82) is 0 Å². The van der Waals surface area contributed by atoms with Crippen molar-refractivity contribution in [2.45, 2.75) is 57.4 Å². The zero-order valence-electron chi connectivity index (χ0n) is 14.8. The number of nitrogens with one attached hydrogen (secondary N) is 1. The van der Waals surface area contributed by atoms with Crippen LogP contribution in [0, 0.1) is 0 Å². The Hall–Kier alpha value is -1.55. The molecular weight excluding hydrogens is 298 g/mol. The van der Waals surface area contributed by atoms with Crippen LogP contribution in [0.15, 0.2) is 30.3 Å². The van der Waals surface area contributed by atoms with Crippen LogP contribution in [-0.4, -0.2) is 48.1 Å². The highest BCUT2D eigenvalue weighted by Crippen LogP contribution is 2.22. The number of hydrogen-bond donors (Lipinski definition) is 1. The molecule has 132 valence electrons. The number of benzene rings is 1. The molecule has 1 atom stereocenters. The number of likely N-dealkylation sites (tertiary alicyclic amines) is 2. The highest BCUT2D eigenvalue weighted by molar-refractivity contribution is 5.89. The van der Waals surface area contributed by atoms with Crippen LogP contribution in [0.25, 0.3) is 0 Å². The van der Waals surface area contributed by atoms with E-state index in [1.54, 1.807) is 0 Å². The van der Waals surface area contributed by atoms with Gasteiger partial charge in [-0.05, 0) is 63.7 Å². The summed E-state index contributed by atoms with van der Waals surface area (Å²) in [5, 5.41) is 3.06. The van der Waals surface area contributed by atoms with Gasteiger partial charge < -0.3 is 15.1 Å². The van der Waals surface area contributed by atoms with Gasteiger partial charge in [-0.15, -0.1) is 0 Å². The van der Waals surface area contributed by atoms with E-state index in [2.05, 4.69) is 15.1 Å². The van der Waals surface area contributed by atoms with Crippen LogP contribution in [0.1, 0.15) is 51.4 Å². The molecule has 0 radical (unpaired) electrons. The second-order valence-corrected chi connectivity index (χ2v) is 7.18. The van der Waals surface area contributed by atoms with Crippen LogP contribution in [0.4, 0.5) is 10.5 Å². The maximum Gasteiger partial charge on any atom is 0.322 e. The van der Waals surface area contributed by atoms with E-state index >= 15 is 0 Å². The van der Waals surface area contributed by atoms with Crippen molar-refractivity contribution in [3.05, 3.63) is 30.3 Å². The molecule has 1 aromatic carbocycles. The predicted molar refractivity (Wildman–Crippen MR) is 99.3 cm³/mol. The molecule has 2 heterocycles. The quantitative estimate of drug-likeness (QED) is 0.892. The smallest absolute Gasteiger partial charge is 0.322 e. The van der Waals surface area contributed by atoms with Gasteiger partial charge in [0.25, 0.3) is 0 Å². The summed E-state index contributed by atoms with van der Waals surface area (Å²) in [6.07, 6.45) is 10.1. The molecule has 2 fully saturated rings. The summed E-state index contributed by atoms with van der Waals surface area (Å²) in [5.41, 5.74) is 0.888. The lowest BCUT2D eigenvalue weighted by Gasteiger charge is -2.37. The Balaban J connectivity index is 1.53. The van der Waals surface area contributed by atoms with Crippen LogP contribution < -0.4 is 5.32 Å². The molecule has 0 aliphatic carbocycles. The first-order valence-electron chi connectivity index (χ1n) is 9.68. The molecule has 1 N–H and O–H groups in total. The Bertz CT molecular complexity index is 497. The fourth-order valence-electron chi connectivity index (χ4n) is 3.98. The molecule has 0 saturated carbocycles. The molecule has 0 bridgehead atoms. The van der Waals surface area contributed by atoms with E-state index < -0.39 is 0 Å². The maximum atomic E-state index is 12.7. The van der Waals surface area contributed by atoms with E-state index in [1.807, 2.05) is 30.3 Å². The Morgan fingerprint density at radius 1 is 0.958 bits per heavy atom. The van der Waals surface area contributed by atoms with E-state index in [9.17, 15) is 4.79 Å². The topological polar surface area (TPSA) is 35.6 Å². The van der Waals surface area contributed by atoms with Gasteiger partial charge in [0.2, 0.25) is 0 Å². The number of carbonyl (C=O) groups is 1. The van der Waals surface area contributed by atoms with Gasteiger partial charge in [-0.1, -0.05) is 31.0 Å². The van der Waals surface area contributed by atoms with E-state index in [0.717, 1.165) is 38.0 Å². The third-order valence-electron chi connectivity index (χ3n) is 5.39. The SMILES string of the molecule is O=C(Nc1ccccc1)N1CCCC[C@@H]1CCN1CCCCCC1. The third-order valence-corrected chi connectivity index (χ3v) is 5.39. The van der Waals surface area contributed by atoms with E-state index in [-0.39, 0.29) is 6.03 Å². The zero-order chi connectivity index (χ0) is 16.6. The molecule has 2 amide bonds. The minimum Gasteiger partial charge on any atom is -0.322 e. The Morgan fingerprint density at radius 2 is 1.67 bits per heavy atom. The third kappa shape index (κ3) is 4.97.